The van der Waals surface area contributed by atoms with Crippen LogP contribution in [0.3, 0.4) is 0 Å². The predicted octanol–water partition coefficient (Wildman–Crippen LogP) is 2.15. The van der Waals surface area contributed by atoms with Gasteiger partial charge in [0.05, 0.1) is 10.5 Å². The lowest BCUT2D eigenvalue weighted by atomic mass is 9.96. The van der Waals surface area contributed by atoms with Crippen LogP contribution >= 0.6 is 0 Å². The number of aliphatic hydroxyl groups is 1. The fraction of sp³-hybridized carbons (Fsp3) is 0.118. The Morgan fingerprint density at radius 2 is 1.60 bits per heavy atom. The topological polar surface area (TPSA) is 80.7 Å². The molecule has 130 valence electrons. The van der Waals surface area contributed by atoms with Crippen LogP contribution in [0.25, 0.3) is 11.1 Å². The van der Waals surface area contributed by atoms with Crippen molar-refractivity contribution in [2.75, 3.05) is 6.26 Å². The molecule has 5 nitrogen and oxygen atoms in total. The summed E-state index contributed by atoms with van der Waals surface area (Å²) in [5.41, 5.74) is 0.308. The van der Waals surface area contributed by atoms with Gasteiger partial charge in [-0.2, -0.15) is 0 Å². The van der Waals surface area contributed by atoms with E-state index in [9.17, 15) is 27.1 Å². The molecule has 1 unspecified atom stereocenters. The van der Waals surface area contributed by atoms with E-state index < -0.39 is 33.7 Å². The highest BCUT2D eigenvalue weighted by atomic mass is 32.2. The van der Waals surface area contributed by atoms with Crippen molar-refractivity contribution in [1.29, 1.82) is 0 Å². The lowest BCUT2D eigenvalue weighted by Gasteiger charge is -2.09. The Balaban J connectivity index is 2.16. The fourth-order valence-corrected chi connectivity index (χ4v) is 3.18. The number of rotatable bonds is 3. The van der Waals surface area contributed by atoms with E-state index in [1.165, 1.54) is 30.3 Å². The van der Waals surface area contributed by atoms with Crippen LogP contribution in [0.2, 0.25) is 0 Å². The van der Waals surface area contributed by atoms with Gasteiger partial charge in [-0.1, -0.05) is 18.2 Å². The van der Waals surface area contributed by atoms with Crippen molar-refractivity contribution >= 4 is 27.0 Å². The zero-order valence-electron chi connectivity index (χ0n) is 12.9. The van der Waals surface area contributed by atoms with Crippen LogP contribution in [0.4, 0.5) is 8.78 Å². The minimum absolute atomic E-state index is 0.0441. The lowest BCUT2D eigenvalue weighted by Crippen LogP contribution is -2.09. The zero-order valence-corrected chi connectivity index (χ0v) is 13.7. The number of benzene rings is 2. The first kappa shape index (κ1) is 17.2. The standard InChI is InChI=1S/C17H12F2O5S/c1-25(22,23)11-5-2-9(3-6-11)14-15(17(21)24-16(14)20)10-4-7-12(18)13(19)8-10/h2-8,16,20H,1H3. The average Bonchev–Trinajstić information content (AvgIpc) is 2.83. The Morgan fingerprint density at radius 3 is 2.16 bits per heavy atom. The Kier molecular flexibility index (Phi) is 4.18. The van der Waals surface area contributed by atoms with E-state index >= 15 is 0 Å². The summed E-state index contributed by atoms with van der Waals surface area (Å²) < 4.78 is 54.4. The number of hydrogen-bond donors (Lipinski definition) is 1. The lowest BCUT2D eigenvalue weighted by molar-refractivity contribution is -0.148. The minimum Gasteiger partial charge on any atom is -0.428 e. The van der Waals surface area contributed by atoms with Crippen molar-refractivity contribution in [3.63, 3.8) is 0 Å². The highest BCUT2D eigenvalue weighted by molar-refractivity contribution is 7.90. The van der Waals surface area contributed by atoms with Gasteiger partial charge in [-0.05, 0) is 35.4 Å². The van der Waals surface area contributed by atoms with Crippen molar-refractivity contribution in [2.24, 2.45) is 0 Å². The summed E-state index contributed by atoms with van der Waals surface area (Å²) >= 11 is 0. The highest BCUT2D eigenvalue weighted by Crippen LogP contribution is 2.37. The van der Waals surface area contributed by atoms with Crippen LogP contribution in [-0.2, 0) is 19.4 Å². The van der Waals surface area contributed by atoms with Crippen LogP contribution in [0, 0.1) is 11.6 Å². The van der Waals surface area contributed by atoms with E-state index in [0.29, 0.717) is 5.56 Å². The second-order valence-corrected chi connectivity index (χ2v) is 7.49. The molecule has 0 saturated heterocycles. The minimum atomic E-state index is -3.41. The highest BCUT2D eigenvalue weighted by Gasteiger charge is 2.35. The second-order valence-electron chi connectivity index (χ2n) is 5.47. The van der Waals surface area contributed by atoms with Crippen molar-refractivity contribution in [1.82, 2.24) is 0 Å². The molecule has 1 aliphatic rings. The van der Waals surface area contributed by atoms with E-state index in [-0.39, 0.29) is 21.6 Å². The maximum Gasteiger partial charge on any atom is 0.341 e. The number of cyclic esters (lactones) is 1. The van der Waals surface area contributed by atoms with Crippen molar-refractivity contribution in [3.05, 3.63) is 65.2 Å². The molecule has 1 aliphatic heterocycles. The molecule has 0 spiro atoms. The van der Waals surface area contributed by atoms with Crippen LogP contribution < -0.4 is 0 Å². The first-order valence-electron chi connectivity index (χ1n) is 7.07. The molecule has 0 saturated carbocycles. The molecule has 0 radical (unpaired) electrons. The van der Waals surface area contributed by atoms with Gasteiger partial charge in [0.2, 0.25) is 6.29 Å². The Morgan fingerprint density at radius 1 is 1.00 bits per heavy atom. The van der Waals surface area contributed by atoms with E-state index in [1.54, 1.807) is 0 Å². The second kappa shape index (κ2) is 6.05. The molecule has 2 aromatic rings. The van der Waals surface area contributed by atoms with Gasteiger partial charge in [0.25, 0.3) is 0 Å². The molecule has 1 N–H and O–H groups in total. The van der Waals surface area contributed by atoms with E-state index in [2.05, 4.69) is 0 Å². The molecular weight excluding hydrogens is 354 g/mol. The summed E-state index contributed by atoms with van der Waals surface area (Å²) in [5, 5.41) is 10.0. The van der Waals surface area contributed by atoms with Gasteiger partial charge in [0.15, 0.2) is 21.5 Å². The summed E-state index contributed by atoms with van der Waals surface area (Å²) in [5.74, 6) is -3.11. The van der Waals surface area contributed by atoms with Gasteiger partial charge in [-0.15, -0.1) is 0 Å². The molecule has 0 aromatic heterocycles. The number of sulfone groups is 1. The Labute approximate surface area is 142 Å². The van der Waals surface area contributed by atoms with Gasteiger partial charge >= 0.3 is 5.97 Å². The van der Waals surface area contributed by atoms with Crippen LogP contribution in [-0.4, -0.2) is 32.0 Å². The first-order valence-corrected chi connectivity index (χ1v) is 8.97. The number of ether oxygens (including phenoxy) is 1. The van der Waals surface area contributed by atoms with Gasteiger partial charge in [0.1, 0.15) is 0 Å². The van der Waals surface area contributed by atoms with Crippen LogP contribution in [0.1, 0.15) is 11.1 Å². The molecule has 1 atom stereocenters. The molecule has 0 aliphatic carbocycles. The van der Waals surface area contributed by atoms with E-state index in [1.807, 2.05) is 0 Å². The van der Waals surface area contributed by atoms with Crippen molar-refractivity contribution in [3.8, 4) is 0 Å². The molecule has 3 rings (SSSR count). The summed E-state index contributed by atoms with van der Waals surface area (Å²) in [7, 11) is -3.41. The number of carbonyl (C=O) groups is 1. The quantitative estimate of drug-likeness (QED) is 0.842. The largest absolute Gasteiger partial charge is 0.428 e. The summed E-state index contributed by atoms with van der Waals surface area (Å²) in [6.07, 6.45) is -0.551. The zero-order chi connectivity index (χ0) is 18.4. The summed E-state index contributed by atoms with van der Waals surface area (Å²) in [4.78, 5) is 12.1. The molecular formula is C17H12F2O5S. The average molecular weight is 366 g/mol. The number of hydrogen-bond acceptors (Lipinski definition) is 5. The normalized spacial score (nSPS) is 17.8. The Hall–Kier alpha value is -2.58. The van der Waals surface area contributed by atoms with E-state index in [0.717, 1.165) is 18.4 Å². The van der Waals surface area contributed by atoms with Crippen LogP contribution in [0.15, 0.2) is 47.4 Å². The molecule has 0 bridgehead atoms. The fourth-order valence-electron chi connectivity index (χ4n) is 2.55. The predicted molar refractivity (Wildman–Crippen MR) is 84.8 cm³/mol. The van der Waals surface area contributed by atoms with Crippen molar-refractivity contribution in [2.45, 2.75) is 11.2 Å². The summed E-state index contributed by atoms with van der Waals surface area (Å²) in [6.45, 7) is 0. The monoisotopic (exact) mass is 366 g/mol. The maximum absolute atomic E-state index is 13.5. The first-order chi connectivity index (χ1) is 11.7. The summed E-state index contributed by atoms with van der Waals surface area (Å²) in [6, 6.07) is 8.31. The van der Waals surface area contributed by atoms with Crippen molar-refractivity contribution < 1.29 is 31.8 Å². The van der Waals surface area contributed by atoms with Gasteiger partial charge in [-0.25, -0.2) is 22.0 Å². The molecule has 2 aromatic carbocycles. The molecule has 0 amide bonds. The third-order valence-corrected chi connectivity index (χ3v) is 4.87. The maximum atomic E-state index is 13.5. The number of aliphatic hydroxyl groups excluding tert-OH is 1. The van der Waals surface area contributed by atoms with Gasteiger partial charge in [-0.3, -0.25) is 0 Å². The molecule has 25 heavy (non-hydrogen) atoms. The van der Waals surface area contributed by atoms with Gasteiger partial charge < -0.3 is 9.84 Å². The number of halogens is 2. The third-order valence-electron chi connectivity index (χ3n) is 3.74. The third kappa shape index (κ3) is 3.18. The molecule has 0 fully saturated rings. The SMILES string of the molecule is CS(=O)(=O)c1ccc(C2=C(c3ccc(F)c(F)c3)C(=O)OC2O)cc1. The van der Waals surface area contributed by atoms with Gasteiger partial charge in [0, 0.05) is 11.8 Å². The molecule has 8 heteroatoms. The van der Waals surface area contributed by atoms with E-state index in [4.69, 9.17) is 4.74 Å². The van der Waals surface area contributed by atoms with Crippen LogP contribution in [0.5, 0.6) is 0 Å². The molecule has 1 heterocycles. The number of carbonyl (C=O) groups excluding carboxylic acids is 1. The Bertz CT molecular complexity index is 994. The number of esters is 1. The smallest absolute Gasteiger partial charge is 0.341 e.